The number of benzene rings is 1. The van der Waals surface area contributed by atoms with E-state index in [0.29, 0.717) is 0 Å². The molecule has 2 aromatic heterocycles. The largest absolute Gasteiger partial charge is 0.441 e. The molecule has 1 aliphatic carbocycles. The maximum atomic E-state index is 5.89. The molecule has 4 rings (SSSR count). The van der Waals surface area contributed by atoms with Crippen molar-refractivity contribution in [2.45, 2.75) is 25.3 Å². The van der Waals surface area contributed by atoms with Gasteiger partial charge in [0.15, 0.2) is 11.7 Å². The van der Waals surface area contributed by atoms with Gasteiger partial charge in [-0.25, -0.2) is 4.98 Å². The van der Waals surface area contributed by atoms with E-state index in [-0.39, 0.29) is 0 Å². The molecular formula is C16H16N2OS. The molecule has 0 aliphatic heterocycles. The van der Waals surface area contributed by atoms with Crippen LogP contribution in [0, 0.1) is 0 Å². The van der Waals surface area contributed by atoms with Crippen LogP contribution in [0.4, 0.5) is 0 Å². The van der Waals surface area contributed by atoms with E-state index < -0.39 is 0 Å². The maximum Gasteiger partial charge on any atom is 0.196 e. The third kappa shape index (κ3) is 2.37. The second-order valence-electron chi connectivity index (χ2n) is 5.24. The van der Waals surface area contributed by atoms with Crippen LogP contribution in [-0.2, 0) is 6.42 Å². The monoisotopic (exact) mass is 284 g/mol. The Kier molecular flexibility index (Phi) is 3.05. The molecule has 4 heteroatoms. The third-order valence-corrected chi connectivity index (χ3v) is 4.61. The van der Waals surface area contributed by atoms with Crippen molar-refractivity contribution in [1.29, 1.82) is 0 Å². The minimum Gasteiger partial charge on any atom is -0.441 e. The van der Waals surface area contributed by atoms with Crippen LogP contribution in [-0.4, -0.2) is 17.6 Å². The second kappa shape index (κ2) is 5.04. The molecule has 1 fully saturated rings. The van der Waals surface area contributed by atoms with Gasteiger partial charge in [0.1, 0.15) is 0 Å². The van der Waals surface area contributed by atoms with Gasteiger partial charge in [-0.2, -0.15) is 0 Å². The summed E-state index contributed by atoms with van der Waals surface area (Å²) in [5.74, 6) is 1.70. The van der Waals surface area contributed by atoms with E-state index in [1.165, 1.54) is 22.9 Å². The molecule has 0 atom stereocenters. The van der Waals surface area contributed by atoms with Gasteiger partial charge in [-0.3, -0.25) is 0 Å². The Hall–Kier alpha value is -1.65. The molecule has 3 nitrogen and oxygen atoms in total. The predicted octanol–water partition coefficient (Wildman–Crippen LogP) is 3.85. The van der Waals surface area contributed by atoms with Crippen LogP contribution in [0.5, 0.6) is 0 Å². The normalized spacial score (nSPS) is 15.0. The quantitative estimate of drug-likeness (QED) is 0.773. The zero-order valence-electron chi connectivity index (χ0n) is 11.1. The Balaban J connectivity index is 1.54. The Bertz CT molecular complexity index is 727. The van der Waals surface area contributed by atoms with Gasteiger partial charge in [-0.15, -0.1) is 11.3 Å². The molecule has 102 valence electrons. The summed E-state index contributed by atoms with van der Waals surface area (Å²) in [6.45, 7) is 0.953. The number of hydrogen-bond acceptors (Lipinski definition) is 4. The lowest BCUT2D eigenvalue weighted by Crippen LogP contribution is -2.19. The number of aromatic nitrogens is 1. The maximum absolute atomic E-state index is 5.89. The topological polar surface area (TPSA) is 38.1 Å². The van der Waals surface area contributed by atoms with Gasteiger partial charge in [0.05, 0.1) is 6.20 Å². The molecular weight excluding hydrogens is 268 g/mol. The average molecular weight is 284 g/mol. The zero-order valence-corrected chi connectivity index (χ0v) is 12.0. The van der Waals surface area contributed by atoms with E-state index in [2.05, 4.69) is 39.9 Å². The lowest BCUT2D eigenvalue weighted by Gasteiger charge is -1.98. The van der Waals surface area contributed by atoms with Gasteiger partial charge in [-0.1, -0.05) is 18.2 Å². The van der Waals surface area contributed by atoms with Crippen molar-refractivity contribution in [3.8, 4) is 11.3 Å². The molecule has 2 heterocycles. The number of oxazole rings is 1. The third-order valence-electron chi connectivity index (χ3n) is 3.65. The lowest BCUT2D eigenvalue weighted by atomic mass is 10.1. The van der Waals surface area contributed by atoms with Crippen LogP contribution in [0.15, 0.2) is 40.3 Å². The SMILES string of the molecule is c1ccc2c(-c3cnc(CCNC4CC4)o3)csc2c1. The number of thiophene rings is 1. The van der Waals surface area contributed by atoms with Gasteiger partial charge in [0.2, 0.25) is 0 Å². The highest BCUT2D eigenvalue weighted by atomic mass is 32.1. The van der Waals surface area contributed by atoms with Gasteiger partial charge in [0.25, 0.3) is 0 Å². The first-order valence-corrected chi connectivity index (χ1v) is 7.93. The van der Waals surface area contributed by atoms with Crippen LogP contribution in [0.1, 0.15) is 18.7 Å². The summed E-state index contributed by atoms with van der Waals surface area (Å²) >= 11 is 1.75. The first kappa shape index (κ1) is 12.1. The van der Waals surface area contributed by atoms with Gasteiger partial charge < -0.3 is 9.73 Å². The number of fused-ring (bicyclic) bond motifs is 1. The van der Waals surface area contributed by atoms with E-state index in [4.69, 9.17) is 4.42 Å². The molecule has 0 radical (unpaired) electrons. The van der Waals surface area contributed by atoms with Crippen LogP contribution in [0.3, 0.4) is 0 Å². The molecule has 3 aromatic rings. The van der Waals surface area contributed by atoms with Gasteiger partial charge >= 0.3 is 0 Å². The van der Waals surface area contributed by atoms with Crippen molar-refractivity contribution in [1.82, 2.24) is 10.3 Å². The van der Waals surface area contributed by atoms with E-state index in [9.17, 15) is 0 Å². The second-order valence-corrected chi connectivity index (χ2v) is 6.15. The highest BCUT2D eigenvalue weighted by Gasteiger charge is 2.20. The first-order valence-electron chi connectivity index (χ1n) is 7.05. The number of nitrogens with one attached hydrogen (secondary N) is 1. The minimum absolute atomic E-state index is 0.741. The van der Waals surface area contributed by atoms with Gasteiger partial charge in [-0.05, 0) is 18.9 Å². The first-order chi connectivity index (χ1) is 9.90. The molecule has 0 amide bonds. The summed E-state index contributed by atoms with van der Waals surface area (Å²) in [7, 11) is 0. The van der Waals surface area contributed by atoms with Crippen LogP contribution < -0.4 is 5.32 Å². The lowest BCUT2D eigenvalue weighted by molar-refractivity contribution is 0.495. The summed E-state index contributed by atoms with van der Waals surface area (Å²) in [4.78, 5) is 4.39. The fraction of sp³-hybridized carbons (Fsp3) is 0.312. The highest BCUT2D eigenvalue weighted by molar-refractivity contribution is 7.17. The van der Waals surface area contributed by atoms with Crippen molar-refractivity contribution in [2.75, 3.05) is 6.54 Å². The Labute approximate surface area is 121 Å². The van der Waals surface area contributed by atoms with E-state index in [1.807, 2.05) is 6.20 Å². The summed E-state index contributed by atoms with van der Waals surface area (Å²) < 4.78 is 7.18. The zero-order chi connectivity index (χ0) is 13.4. The van der Waals surface area contributed by atoms with Crippen molar-refractivity contribution >= 4 is 21.4 Å². The number of rotatable bonds is 5. The summed E-state index contributed by atoms with van der Waals surface area (Å²) in [6.07, 6.45) is 5.34. The number of hydrogen-bond donors (Lipinski definition) is 1. The van der Waals surface area contributed by atoms with Gasteiger partial charge in [0, 0.05) is 40.0 Å². The fourth-order valence-corrected chi connectivity index (χ4v) is 3.34. The van der Waals surface area contributed by atoms with Crippen molar-refractivity contribution in [3.05, 3.63) is 41.7 Å². The van der Waals surface area contributed by atoms with Crippen molar-refractivity contribution in [3.63, 3.8) is 0 Å². The van der Waals surface area contributed by atoms with Crippen molar-refractivity contribution in [2.24, 2.45) is 0 Å². The Morgan fingerprint density at radius 1 is 1.30 bits per heavy atom. The molecule has 1 N–H and O–H groups in total. The Morgan fingerprint density at radius 3 is 3.10 bits per heavy atom. The molecule has 0 unspecified atom stereocenters. The average Bonchev–Trinajstić information content (AvgIpc) is 3.01. The minimum atomic E-state index is 0.741. The molecule has 1 aliphatic rings. The fourth-order valence-electron chi connectivity index (χ4n) is 2.39. The van der Waals surface area contributed by atoms with E-state index >= 15 is 0 Å². The summed E-state index contributed by atoms with van der Waals surface area (Å²) in [6, 6.07) is 9.15. The van der Waals surface area contributed by atoms with Crippen molar-refractivity contribution < 1.29 is 4.42 Å². The van der Waals surface area contributed by atoms with Crippen LogP contribution >= 0.6 is 11.3 Å². The standard InChI is InChI=1S/C16H16N2OS/c1-2-4-15-12(3-1)13(10-20-15)14-9-18-16(19-14)7-8-17-11-5-6-11/h1-4,9-11,17H,5-8H2. The summed E-state index contributed by atoms with van der Waals surface area (Å²) in [5.41, 5.74) is 1.15. The van der Waals surface area contributed by atoms with E-state index in [1.54, 1.807) is 11.3 Å². The predicted molar refractivity (Wildman–Crippen MR) is 82.1 cm³/mol. The number of nitrogens with zero attached hydrogens (tertiary/aromatic N) is 1. The summed E-state index contributed by atoms with van der Waals surface area (Å²) in [5, 5.41) is 6.88. The molecule has 1 aromatic carbocycles. The van der Waals surface area contributed by atoms with E-state index in [0.717, 1.165) is 36.2 Å². The molecule has 0 spiro atoms. The molecule has 0 bridgehead atoms. The molecule has 20 heavy (non-hydrogen) atoms. The highest BCUT2D eigenvalue weighted by Crippen LogP contribution is 2.34. The molecule has 1 saturated carbocycles. The van der Waals surface area contributed by atoms with Crippen LogP contribution in [0.25, 0.3) is 21.4 Å². The smallest absolute Gasteiger partial charge is 0.196 e. The molecule has 0 saturated heterocycles. The Morgan fingerprint density at radius 2 is 2.20 bits per heavy atom. The van der Waals surface area contributed by atoms with Crippen LogP contribution in [0.2, 0.25) is 0 Å².